The summed E-state index contributed by atoms with van der Waals surface area (Å²) in [7, 11) is 0. The maximum atomic E-state index is 13.8. The summed E-state index contributed by atoms with van der Waals surface area (Å²) in [6.07, 6.45) is 0.995. The minimum Gasteiger partial charge on any atom is -0.338 e. The normalized spacial score (nSPS) is 13.7. The number of hydrogen-bond acceptors (Lipinski definition) is 3. The highest BCUT2D eigenvalue weighted by Crippen LogP contribution is 2.16. The third kappa shape index (κ3) is 3.48. The molecule has 0 atom stereocenters. The monoisotopic (exact) mass is 349 g/mol. The lowest BCUT2D eigenvalue weighted by atomic mass is 10.1. The van der Waals surface area contributed by atoms with E-state index in [-0.39, 0.29) is 42.6 Å². The lowest BCUT2D eigenvalue weighted by Crippen LogP contribution is -2.39. The van der Waals surface area contributed by atoms with E-state index in [0.29, 0.717) is 35.6 Å². The molecular formula is C17H17ClFN3O2. The van der Waals surface area contributed by atoms with Gasteiger partial charge in [0.1, 0.15) is 11.6 Å². The smallest absolute Gasteiger partial charge is 0.256 e. The van der Waals surface area contributed by atoms with Crippen molar-refractivity contribution in [2.24, 2.45) is 0 Å². The third-order valence-corrected chi connectivity index (χ3v) is 4.28. The van der Waals surface area contributed by atoms with Crippen molar-refractivity contribution in [1.29, 1.82) is 0 Å². The predicted octanol–water partition coefficient (Wildman–Crippen LogP) is 2.01. The van der Waals surface area contributed by atoms with Crippen molar-refractivity contribution in [3.8, 4) is 0 Å². The number of aromatic amines is 1. The van der Waals surface area contributed by atoms with E-state index in [2.05, 4.69) is 9.97 Å². The molecule has 2 heterocycles. The molecule has 1 aliphatic heterocycles. The highest BCUT2D eigenvalue weighted by Gasteiger charge is 2.24. The van der Waals surface area contributed by atoms with Gasteiger partial charge in [-0.3, -0.25) is 9.59 Å². The molecule has 0 aliphatic carbocycles. The van der Waals surface area contributed by atoms with Crippen LogP contribution in [0.5, 0.6) is 0 Å². The van der Waals surface area contributed by atoms with E-state index in [1.807, 2.05) is 0 Å². The minimum atomic E-state index is -0.323. The van der Waals surface area contributed by atoms with Crippen LogP contribution in [0.1, 0.15) is 29.1 Å². The molecule has 0 saturated heterocycles. The second kappa shape index (κ2) is 7.13. The van der Waals surface area contributed by atoms with Crippen LogP contribution < -0.4 is 5.56 Å². The first-order chi connectivity index (χ1) is 11.6. The first-order valence-corrected chi connectivity index (χ1v) is 8.30. The Hall–Kier alpha value is -2.21. The Bertz CT molecular complexity index is 822. The maximum absolute atomic E-state index is 13.8. The summed E-state index contributed by atoms with van der Waals surface area (Å²) in [4.78, 5) is 33.1. The number of hydrogen-bond donors (Lipinski definition) is 1. The minimum absolute atomic E-state index is 0.0644. The molecule has 5 nitrogen and oxygen atoms in total. The number of alkyl halides is 1. The maximum Gasteiger partial charge on any atom is 0.256 e. The van der Waals surface area contributed by atoms with Crippen molar-refractivity contribution in [2.45, 2.75) is 25.8 Å². The molecule has 0 spiro atoms. The van der Waals surface area contributed by atoms with Gasteiger partial charge >= 0.3 is 0 Å². The lowest BCUT2D eigenvalue weighted by molar-refractivity contribution is -0.131. The van der Waals surface area contributed by atoms with Crippen molar-refractivity contribution in [3.05, 3.63) is 63.1 Å². The molecule has 7 heteroatoms. The highest BCUT2D eigenvalue weighted by atomic mass is 35.5. The number of amides is 1. The molecule has 0 saturated carbocycles. The van der Waals surface area contributed by atoms with E-state index in [1.165, 1.54) is 6.07 Å². The molecule has 0 fully saturated rings. The van der Waals surface area contributed by atoms with Gasteiger partial charge in [-0.15, -0.1) is 11.6 Å². The molecule has 1 aromatic carbocycles. The fourth-order valence-electron chi connectivity index (χ4n) is 2.83. The van der Waals surface area contributed by atoms with E-state index in [0.717, 1.165) is 0 Å². The Morgan fingerprint density at radius 1 is 1.38 bits per heavy atom. The van der Waals surface area contributed by atoms with Crippen molar-refractivity contribution in [1.82, 2.24) is 14.9 Å². The van der Waals surface area contributed by atoms with Crippen LogP contribution in [0, 0.1) is 5.82 Å². The molecule has 1 aliphatic rings. The van der Waals surface area contributed by atoms with Gasteiger partial charge in [0.05, 0.1) is 17.8 Å². The van der Waals surface area contributed by atoms with Crippen LogP contribution in [-0.2, 0) is 24.2 Å². The Morgan fingerprint density at radius 3 is 2.92 bits per heavy atom. The van der Waals surface area contributed by atoms with Gasteiger partial charge in [-0.05, 0) is 11.6 Å². The number of benzene rings is 1. The van der Waals surface area contributed by atoms with Crippen molar-refractivity contribution in [3.63, 3.8) is 0 Å². The van der Waals surface area contributed by atoms with Crippen LogP contribution >= 0.6 is 11.6 Å². The van der Waals surface area contributed by atoms with Crippen molar-refractivity contribution in [2.75, 3.05) is 12.4 Å². The van der Waals surface area contributed by atoms with Crippen LogP contribution in [0.15, 0.2) is 29.1 Å². The second-order valence-corrected chi connectivity index (χ2v) is 6.09. The summed E-state index contributed by atoms with van der Waals surface area (Å²) in [6.45, 7) is 0.756. The molecular weight excluding hydrogens is 333 g/mol. The number of nitrogens with one attached hydrogen (secondary N) is 1. The van der Waals surface area contributed by atoms with Crippen LogP contribution in [-0.4, -0.2) is 33.2 Å². The quantitative estimate of drug-likeness (QED) is 0.859. The van der Waals surface area contributed by atoms with Gasteiger partial charge in [0.25, 0.3) is 5.56 Å². The summed E-state index contributed by atoms with van der Waals surface area (Å²) in [6, 6.07) is 6.41. The average molecular weight is 350 g/mol. The second-order valence-electron chi connectivity index (χ2n) is 5.71. The molecule has 1 aromatic heterocycles. The van der Waals surface area contributed by atoms with Gasteiger partial charge < -0.3 is 9.88 Å². The van der Waals surface area contributed by atoms with Crippen LogP contribution in [0.3, 0.4) is 0 Å². The summed E-state index contributed by atoms with van der Waals surface area (Å²) < 4.78 is 13.8. The molecule has 0 unspecified atom stereocenters. The van der Waals surface area contributed by atoms with Crippen LogP contribution in [0.4, 0.5) is 4.39 Å². The highest BCUT2D eigenvalue weighted by molar-refractivity contribution is 6.18. The number of nitrogens with zero attached hydrogens (tertiary/aromatic N) is 2. The number of carbonyl (C=O) groups excluding carboxylic acids is 1. The first kappa shape index (κ1) is 16.6. The first-order valence-electron chi connectivity index (χ1n) is 7.76. The third-order valence-electron chi connectivity index (χ3n) is 4.09. The lowest BCUT2D eigenvalue weighted by Gasteiger charge is -2.27. The Morgan fingerprint density at radius 2 is 2.17 bits per heavy atom. The molecule has 2 aromatic rings. The molecule has 1 amide bonds. The zero-order valence-electron chi connectivity index (χ0n) is 13.0. The predicted molar refractivity (Wildman–Crippen MR) is 88.5 cm³/mol. The standard InChI is InChI=1S/C17H17ClFN3O2/c18-7-5-16(23)22-8-6-14-12(10-22)17(24)21-15(20-14)9-11-3-1-2-4-13(11)19/h1-4H,5-10H2,(H,20,21,24). The van der Waals surface area contributed by atoms with E-state index in [1.54, 1.807) is 23.1 Å². The largest absolute Gasteiger partial charge is 0.338 e. The van der Waals surface area contributed by atoms with E-state index >= 15 is 0 Å². The Kier molecular flexibility index (Phi) is 4.94. The summed E-state index contributed by atoms with van der Waals surface area (Å²) >= 11 is 5.60. The summed E-state index contributed by atoms with van der Waals surface area (Å²) in [5, 5.41) is 0. The van der Waals surface area contributed by atoms with Gasteiger partial charge in [-0.2, -0.15) is 0 Å². The van der Waals surface area contributed by atoms with Gasteiger partial charge in [0, 0.05) is 31.7 Å². The molecule has 1 N–H and O–H groups in total. The molecule has 3 rings (SSSR count). The number of fused-ring (bicyclic) bond motifs is 1. The van der Waals surface area contributed by atoms with Crippen molar-refractivity contribution < 1.29 is 9.18 Å². The number of rotatable bonds is 4. The van der Waals surface area contributed by atoms with Gasteiger partial charge in [0.15, 0.2) is 0 Å². The van der Waals surface area contributed by atoms with Crippen LogP contribution in [0.25, 0.3) is 0 Å². The van der Waals surface area contributed by atoms with Gasteiger partial charge in [-0.25, -0.2) is 9.37 Å². The van der Waals surface area contributed by atoms with Crippen LogP contribution in [0.2, 0.25) is 0 Å². The SMILES string of the molecule is O=C(CCCl)N1CCc2nc(Cc3ccccc3F)[nH]c(=O)c2C1. The molecule has 24 heavy (non-hydrogen) atoms. The fraction of sp³-hybridized carbons (Fsp3) is 0.353. The van der Waals surface area contributed by atoms with E-state index in [9.17, 15) is 14.0 Å². The molecule has 0 radical (unpaired) electrons. The average Bonchev–Trinajstić information content (AvgIpc) is 2.57. The summed E-state index contributed by atoms with van der Waals surface area (Å²) in [5.41, 5.74) is 1.39. The fourth-order valence-corrected chi connectivity index (χ4v) is 3.00. The molecule has 0 bridgehead atoms. The topological polar surface area (TPSA) is 66.1 Å². The van der Waals surface area contributed by atoms with Gasteiger partial charge in [0.2, 0.25) is 5.91 Å². The summed E-state index contributed by atoms with van der Waals surface area (Å²) in [5.74, 6) is 0.309. The zero-order chi connectivity index (χ0) is 17.1. The Balaban J connectivity index is 1.83. The van der Waals surface area contributed by atoms with E-state index < -0.39 is 0 Å². The number of aromatic nitrogens is 2. The number of carbonyl (C=O) groups is 1. The van der Waals surface area contributed by atoms with E-state index in [4.69, 9.17) is 11.6 Å². The van der Waals surface area contributed by atoms with Crippen molar-refractivity contribution >= 4 is 17.5 Å². The number of halogens is 2. The number of H-pyrrole nitrogens is 1. The van der Waals surface area contributed by atoms with Gasteiger partial charge in [-0.1, -0.05) is 18.2 Å². The molecule has 126 valence electrons. The zero-order valence-corrected chi connectivity index (χ0v) is 13.8. The Labute approximate surface area is 143 Å².